The lowest BCUT2D eigenvalue weighted by molar-refractivity contribution is -0.165. The van der Waals surface area contributed by atoms with E-state index in [1.54, 1.807) is 6.07 Å². The number of nitrogens with one attached hydrogen (secondary N) is 1. The van der Waals surface area contributed by atoms with E-state index in [4.69, 9.17) is 20.4 Å². The second-order valence-corrected chi connectivity index (χ2v) is 7.97. The Kier molecular flexibility index (Phi) is 8.15. The molecule has 1 aliphatic rings. The van der Waals surface area contributed by atoms with Crippen LogP contribution in [0.3, 0.4) is 0 Å². The Balaban J connectivity index is 0.000000294. The van der Waals surface area contributed by atoms with Crippen LogP contribution >= 0.6 is 0 Å². The summed E-state index contributed by atoms with van der Waals surface area (Å²) in [5, 5.41) is 35.9. The largest absolute Gasteiger partial charge is 0.479 e. The number of aliphatic carboxylic acids is 2. The molecule has 0 saturated carbocycles. The van der Waals surface area contributed by atoms with E-state index in [-0.39, 0.29) is 0 Å². The fraction of sp³-hybridized carbons (Fsp3) is 0.500. The Morgan fingerprint density at radius 1 is 1.15 bits per heavy atom. The van der Waals surface area contributed by atoms with E-state index in [0.29, 0.717) is 10.8 Å². The molecule has 146 valence electrons. The molecular weight excluding hydrogens is 366 g/mol. The van der Waals surface area contributed by atoms with Crippen LogP contribution in [0.2, 0.25) is 0 Å². The third-order valence-corrected chi connectivity index (χ3v) is 4.97. The predicted molar refractivity (Wildman–Crippen MR) is 91.7 cm³/mol. The number of carboxylic acid groups (broad SMARTS) is 2. The predicted octanol–water partition coefficient (Wildman–Crippen LogP) is -0.565. The number of aliphatic hydroxyl groups excluding tert-OH is 2. The standard InChI is InChI=1S/C12H17NO2S.C4H6O6/c1-16(14,15)12-6-2-4-10(8-12)11-5-3-7-13-9-11;5-1(3(7)8)2(6)4(9)10/h2,4,6,8,11,13H,3,5,7,9H2,1H3;1-2,5-6H,(H,7,8)(H,9,10). The first kappa shape index (κ1) is 22.0. The van der Waals surface area contributed by atoms with E-state index < -0.39 is 34.0 Å². The summed E-state index contributed by atoms with van der Waals surface area (Å²) in [4.78, 5) is 20.0. The number of hydrogen-bond donors (Lipinski definition) is 5. The van der Waals surface area contributed by atoms with Gasteiger partial charge in [-0.15, -0.1) is 0 Å². The quantitative estimate of drug-likeness (QED) is 0.444. The molecule has 1 saturated heterocycles. The molecular formula is C16H23NO8S. The second-order valence-electron chi connectivity index (χ2n) is 5.95. The molecule has 2 rings (SSSR count). The zero-order valence-electron chi connectivity index (χ0n) is 14.2. The zero-order chi connectivity index (χ0) is 19.9. The number of carbonyl (C=O) groups is 2. The molecule has 5 N–H and O–H groups in total. The lowest BCUT2D eigenvalue weighted by atomic mass is 9.92. The number of benzene rings is 1. The number of aliphatic hydroxyl groups is 2. The van der Waals surface area contributed by atoms with E-state index in [9.17, 15) is 18.0 Å². The van der Waals surface area contributed by atoms with Crippen LogP contribution < -0.4 is 5.32 Å². The van der Waals surface area contributed by atoms with Gasteiger partial charge in [-0.3, -0.25) is 0 Å². The monoisotopic (exact) mass is 389 g/mol. The van der Waals surface area contributed by atoms with E-state index in [2.05, 4.69) is 5.32 Å². The Bertz CT molecular complexity index is 710. The average Bonchev–Trinajstić information content (AvgIpc) is 2.61. The van der Waals surface area contributed by atoms with Gasteiger partial charge in [-0.25, -0.2) is 18.0 Å². The van der Waals surface area contributed by atoms with Gasteiger partial charge in [-0.05, 0) is 43.0 Å². The maximum Gasteiger partial charge on any atom is 0.335 e. The Hall–Kier alpha value is -2.01. The van der Waals surface area contributed by atoms with Crippen molar-refractivity contribution in [3.63, 3.8) is 0 Å². The van der Waals surface area contributed by atoms with Crippen molar-refractivity contribution >= 4 is 21.8 Å². The first-order valence-corrected chi connectivity index (χ1v) is 9.75. The highest BCUT2D eigenvalue weighted by atomic mass is 32.2. The highest BCUT2D eigenvalue weighted by Gasteiger charge is 2.29. The van der Waals surface area contributed by atoms with Gasteiger partial charge in [0.1, 0.15) is 0 Å². The van der Waals surface area contributed by atoms with Crippen molar-refractivity contribution in [1.82, 2.24) is 5.32 Å². The van der Waals surface area contributed by atoms with Crippen LogP contribution in [0, 0.1) is 0 Å². The van der Waals surface area contributed by atoms with E-state index >= 15 is 0 Å². The van der Waals surface area contributed by atoms with E-state index in [1.165, 1.54) is 6.26 Å². The number of carboxylic acids is 2. The van der Waals surface area contributed by atoms with Gasteiger partial charge >= 0.3 is 11.9 Å². The minimum atomic E-state index is -3.08. The SMILES string of the molecule is CS(=O)(=O)c1cccc(C2CCCNC2)c1.O=C(O)C(O)C(O)C(=O)O. The van der Waals surface area contributed by atoms with Crippen LogP contribution in [0.15, 0.2) is 29.2 Å². The molecule has 0 aliphatic carbocycles. The molecule has 0 bridgehead atoms. The topological polar surface area (TPSA) is 161 Å². The van der Waals surface area contributed by atoms with Crippen LogP contribution in [-0.2, 0) is 19.4 Å². The molecule has 10 heteroatoms. The van der Waals surface area contributed by atoms with Crippen molar-refractivity contribution in [2.45, 2.75) is 35.9 Å². The summed E-state index contributed by atoms with van der Waals surface area (Å²) in [6, 6.07) is 7.33. The highest BCUT2D eigenvalue weighted by molar-refractivity contribution is 7.90. The summed E-state index contributed by atoms with van der Waals surface area (Å²) in [5.41, 5.74) is 1.13. The minimum Gasteiger partial charge on any atom is -0.479 e. The smallest absolute Gasteiger partial charge is 0.335 e. The molecule has 1 fully saturated rings. The average molecular weight is 389 g/mol. The summed E-state index contributed by atoms with van der Waals surface area (Å²) in [6.07, 6.45) is -0.978. The van der Waals surface area contributed by atoms with E-state index in [0.717, 1.165) is 31.5 Å². The summed E-state index contributed by atoms with van der Waals surface area (Å²) >= 11 is 0. The molecule has 3 unspecified atom stereocenters. The maximum atomic E-state index is 11.5. The van der Waals surface area contributed by atoms with Crippen molar-refractivity contribution in [1.29, 1.82) is 0 Å². The highest BCUT2D eigenvalue weighted by Crippen LogP contribution is 2.25. The van der Waals surface area contributed by atoms with Crippen LogP contribution in [0.1, 0.15) is 24.3 Å². The Morgan fingerprint density at radius 2 is 1.73 bits per heavy atom. The van der Waals surface area contributed by atoms with Crippen molar-refractivity contribution in [3.05, 3.63) is 29.8 Å². The lowest BCUT2D eigenvalue weighted by Crippen LogP contribution is -2.39. The van der Waals surface area contributed by atoms with Gasteiger partial charge in [0.2, 0.25) is 0 Å². The molecule has 1 aromatic carbocycles. The van der Waals surface area contributed by atoms with Crippen LogP contribution in [0.4, 0.5) is 0 Å². The number of rotatable bonds is 5. The fourth-order valence-electron chi connectivity index (χ4n) is 2.41. The summed E-state index contributed by atoms with van der Waals surface area (Å²) in [7, 11) is -3.08. The normalized spacial score (nSPS) is 19.6. The van der Waals surface area contributed by atoms with Gasteiger partial charge in [-0.1, -0.05) is 12.1 Å². The van der Waals surface area contributed by atoms with Crippen molar-refractivity contribution in [2.24, 2.45) is 0 Å². The number of piperidine rings is 1. The van der Waals surface area contributed by atoms with Crippen LogP contribution in [0.25, 0.3) is 0 Å². The molecule has 0 radical (unpaired) electrons. The van der Waals surface area contributed by atoms with Crippen LogP contribution in [0.5, 0.6) is 0 Å². The lowest BCUT2D eigenvalue weighted by Gasteiger charge is -2.23. The molecule has 1 aromatic rings. The first-order valence-electron chi connectivity index (χ1n) is 7.86. The molecule has 1 heterocycles. The van der Waals surface area contributed by atoms with E-state index in [1.807, 2.05) is 18.2 Å². The molecule has 0 amide bonds. The summed E-state index contributed by atoms with van der Waals surface area (Å²) in [5.74, 6) is -3.08. The maximum absolute atomic E-state index is 11.5. The minimum absolute atomic E-state index is 0.426. The third-order valence-electron chi connectivity index (χ3n) is 3.86. The van der Waals surface area contributed by atoms with Crippen molar-refractivity contribution in [3.8, 4) is 0 Å². The molecule has 3 atom stereocenters. The van der Waals surface area contributed by atoms with Gasteiger partial charge in [0.15, 0.2) is 22.0 Å². The third kappa shape index (κ3) is 6.71. The second kappa shape index (κ2) is 9.62. The van der Waals surface area contributed by atoms with Crippen molar-refractivity contribution in [2.75, 3.05) is 19.3 Å². The molecule has 0 spiro atoms. The zero-order valence-corrected chi connectivity index (χ0v) is 15.0. The molecule has 1 aliphatic heterocycles. The van der Waals surface area contributed by atoms with Gasteiger partial charge in [0, 0.05) is 12.8 Å². The number of hydrogen-bond acceptors (Lipinski definition) is 7. The van der Waals surface area contributed by atoms with Crippen molar-refractivity contribution < 1.29 is 38.4 Å². The summed E-state index contributed by atoms with van der Waals surface area (Å²) in [6.45, 7) is 2.02. The van der Waals surface area contributed by atoms with Gasteiger partial charge < -0.3 is 25.7 Å². The van der Waals surface area contributed by atoms with Gasteiger partial charge in [0.25, 0.3) is 0 Å². The summed E-state index contributed by atoms with van der Waals surface area (Å²) < 4.78 is 22.9. The van der Waals surface area contributed by atoms with Gasteiger partial charge in [0.05, 0.1) is 4.90 Å². The molecule has 26 heavy (non-hydrogen) atoms. The fourth-order valence-corrected chi connectivity index (χ4v) is 3.08. The first-order chi connectivity index (χ1) is 12.0. The Morgan fingerprint density at radius 3 is 2.15 bits per heavy atom. The van der Waals surface area contributed by atoms with Gasteiger partial charge in [-0.2, -0.15) is 0 Å². The molecule has 9 nitrogen and oxygen atoms in total. The van der Waals surface area contributed by atoms with Crippen LogP contribution in [-0.4, -0.2) is 72.3 Å². The molecule has 0 aromatic heterocycles. The number of sulfone groups is 1. The Labute approximate surface area is 151 Å².